The first-order valence-corrected chi connectivity index (χ1v) is 3.53. The van der Waals surface area contributed by atoms with Gasteiger partial charge >= 0.3 is 23.5 Å². The van der Waals surface area contributed by atoms with E-state index in [-0.39, 0.29) is 6.15 Å². The van der Waals surface area contributed by atoms with Crippen LogP contribution in [0.4, 0.5) is 0 Å². The number of hydrogen-bond donors (Lipinski definition) is 2. The Morgan fingerprint density at radius 1 is 1.44 bits per heavy atom. The third-order valence-corrected chi connectivity index (χ3v) is 0.512. The third kappa shape index (κ3) is 68.2. The van der Waals surface area contributed by atoms with Gasteiger partial charge in [0.15, 0.2) is 0 Å². The SMILES string of the molecule is CCCCO.N.[O]=[V]=[O]. The van der Waals surface area contributed by atoms with Crippen LogP contribution in [0.25, 0.3) is 0 Å². The minimum atomic E-state index is -1.81. The average Bonchev–Trinajstić information content (AvgIpc) is 1.71. The van der Waals surface area contributed by atoms with Crippen LogP contribution in [0.1, 0.15) is 19.8 Å². The molecule has 0 heterocycles. The van der Waals surface area contributed by atoms with E-state index in [1.807, 2.05) is 0 Å². The van der Waals surface area contributed by atoms with Crippen LogP contribution in [-0.4, -0.2) is 11.7 Å². The standard InChI is InChI=1S/C4H10O.H3N.2O.V/c1-2-3-4-5;;;;/h5H,2-4H2,1H3;1H3;;;. The average molecular weight is 174 g/mol. The van der Waals surface area contributed by atoms with Crippen molar-refractivity contribution in [2.45, 2.75) is 19.8 Å². The molecule has 4 nitrogen and oxygen atoms in total. The molecule has 5 heteroatoms. The van der Waals surface area contributed by atoms with Crippen LogP contribution >= 0.6 is 0 Å². The van der Waals surface area contributed by atoms with Gasteiger partial charge in [-0.25, -0.2) is 0 Å². The maximum atomic E-state index is 8.47. The second kappa shape index (κ2) is 24.3. The number of aliphatic hydroxyl groups is 1. The topological polar surface area (TPSA) is 89.4 Å². The normalized spacial score (nSPS) is 5.56. The van der Waals surface area contributed by atoms with Crippen LogP contribution in [0.5, 0.6) is 0 Å². The van der Waals surface area contributed by atoms with Gasteiger partial charge in [-0.1, -0.05) is 13.3 Å². The van der Waals surface area contributed by atoms with E-state index < -0.39 is 16.2 Å². The molecule has 0 saturated heterocycles. The first kappa shape index (κ1) is 16.0. The van der Waals surface area contributed by atoms with E-state index in [0.717, 1.165) is 12.8 Å². The van der Waals surface area contributed by atoms with Crippen molar-refractivity contribution in [2.24, 2.45) is 0 Å². The van der Waals surface area contributed by atoms with E-state index in [0.29, 0.717) is 6.61 Å². The Morgan fingerprint density at radius 3 is 1.78 bits per heavy atom. The molecular weight excluding hydrogens is 161 g/mol. The molecule has 9 heavy (non-hydrogen) atoms. The Morgan fingerprint density at radius 2 is 1.78 bits per heavy atom. The van der Waals surface area contributed by atoms with E-state index in [2.05, 4.69) is 6.92 Å². The van der Waals surface area contributed by atoms with Gasteiger partial charge in [-0.05, 0) is 6.42 Å². The van der Waals surface area contributed by atoms with Gasteiger partial charge < -0.3 is 11.3 Å². The van der Waals surface area contributed by atoms with Crippen LogP contribution in [0.15, 0.2) is 0 Å². The van der Waals surface area contributed by atoms with Crippen molar-refractivity contribution in [1.29, 1.82) is 0 Å². The Bertz CT molecular complexity index is 60.8. The summed E-state index contributed by atoms with van der Waals surface area (Å²) in [5, 5.41) is 8.07. The molecule has 0 aliphatic heterocycles. The van der Waals surface area contributed by atoms with Gasteiger partial charge in [0.2, 0.25) is 0 Å². The molecule has 0 saturated carbocycles. The van der Waals surface area contributed by atoms with Gasteiger partial charge in [-0.3, -0.25) is 0 Å². The summed E-state index contributed by atoms with van der Waals surface area (Å²) in [7, 11) is 0. The summed E-state index contributed by atoms with van der Waals surface area (Å²) >= 11 is -1.81. The summed E-state index contributed by atoms with van der Waals surface area (Å²) < 4.78 is 16.9. The van der Waals surface area contributed by atoms with E-state index in [1.165, 1.54) is 0 Å². The Kier molecular flexibility index (Phi) is 43.3. The van der Waals surface area contributed by atoms with Crippen molar-refractivity contribution < 1.29 is 28.6 Å². The van der Waals surface area contributed by atoms with Gasteiger partial charge in [0.1, 0.15) is 0 Å². The molecule has 0 aromatic rings. The molecule has 4 N–H and O–H groups in total. The number of unbranched alkanes of at least 4 members (excludes halogenated alkanes) is 1. The molecule has 0 amide bonds. The van der Waals surface area contributed by atoms with Crippen molar-refractivity contribution in [3.05, 3.63) is 0 Å². The number of aliphatic hydroxyl groups excluding tert-OH is 1. The first-order valence-electron chi connectivity index (χ1n) is 2.39. The summed E-state index contributed by atoms with van der Waals surface area (Å²) in [5.74, 6) is 0. The fourth-order valence-electron chi connectivity index (χ4n) is 0.158. The Labute approximate surface area is 61.8 Å². The molecule has 0 unspecified atom stereocenters. The molecule has 0 spiro atoms. The van der Waals surface area contributed by atoms with E-state index in [9.17, 15) is 0 Å². The van der Waals surface area contributed by atoms with Gasteiger partial charge in [0.25, 0.3) is 0 Å². The van der Waals surface area contributed by atoms with Gasteiger partial charge in [-0.15, -0.1) is 0 Å². The van der Waals surface area contributed by atoms with Crippen LogP contribution in [-0.2, 0) is 23.5 Å². The van der Waals surface area contributed by atoms with Crippen molar-refractivity contribution in [2.75, 3.05) is 6.61 Å². The minimum absolute atomic E-state index is 0. The summed E-state index contributed by atoms with van der Waals surface area (Å²) in [5.41, 5.74) is 0. The summed E-state index contributed by atoms with van der Waals surface area (Å²) in [6.07, 6.45) is 2.04. The van der Waals surface area contributed by atoms with Crippen molar-refractivity contribution in [3.63, 3.8) is 0 Å². The molecule has 0 bridgehead atoms. The van der Waals surface area contributed by atoms with E-state index in [4.69, 9.17) is 12.5 Å². The summed E-state index contributed by atoms with van der Waals surface area (Å²) in [6.45, 7) is 2.40. The van der Waals surface area contributed by atoms with Crippen molar-refractivity contribution >= 4 is 0 Å². The molecular formula is C4H13NO3V. The maximum absolute atomic E-state index is 8.47. The Hall–Kier alpha value is 0.104. The van der Waals surface area contributed by atoms with Gasteiger partial charge in [0.05, 0.1) is 0 Å². The zero-order valence-corrected chi connectivity index (χ0v) is 6.94. The summed E-state index contributed by atoms with van der Waals surface area (Å²) in [4.78, 5) is 0. The molecule has 0 rings (SSSR count). The van der Waals surface area contributed by atoms with Crippen LogP contribution in [0.3, 0.4) is 0 Å². The summed E-state index contributed by atoms with van der Waals surface area (Å²) in [6, 6.07) is 0. The van der Waals surface area contributed by atoms with E-state index in [1.54, 1.807) is 0 Å². The van der Waals surface area contributed by atoms with Gasteiger partial charge in [0, 0.05) is 6.61 Å². The van der Waals surface area contributed by atoms with Crippen molar-refractivity contribution in [1.82, 2.24) is 6.15 Å². The fraction of sp³-hybridized carbons (Fsp3) is 1.00. The molecule has 0 aliphatic carbocycles. The molecule has 0 atom stereocenters. The van der Waals surface area contributed by atoms with E-state index >= 15 is 0 Å². The predicted molar refractivity (Wildman–Crippen MR) is 28.4 cm³/mol. The fourth-order valence-corrected chi connectivity index (χ4v) is 0.158. The molecule has 0 fully saturated rings. The van der Waals surface area contributed by atoms with Crippen molar-refractivity contribution in [3.8, 4) is 0 Å². The quantitative estimate of drug-likeness (QED) is 0.644. The number of hydrogen-bond acceptors (Lipinski definition) is 4. The zero-order valence-electron chi connectivity index (χ0n) is 5.54. The monoisotopic (exact) mass is 174 g/mol. The van der Waals surface area contributed by atoms with Crippen LogP contribution in [0.2, 0.25) is 0 Å². The zero-order chi connectivity index (χ0) is 6.83. The Balaban J connectivity index is -0.0000000800. The molecule has 0 aromatic heterocycles. The molecule has 57 valence electrons. The molecule has 0 aliphatic rings. The second-order valence-corrected chi connectivity index (χ2v) is 1.38. The first-order chi connectivity index (χ1) is 3.83. The van der Waals surface area contributed by atoms with Crippen LogP contribution < -0.4 is 6.15 Å². The third-order valence-electron chi connectivity index (χ3n) is 0.512. The molecule has 0 radical (unpaired) electrons. The predicted octanol–water partition coefficient (Wildman–Crippen LogP) is 0.701. The van der Waals surface area contributed by atoms with Gasteiger partial charge in [-0.2, -0.15) is 0 Å². The van der Waals surface area contributed by atoms with Crippen LogP contribution in [0, 0.1) is 0 Å². The molecule has 0 aromatic carbocycles. The second-order valence-electron chi connectivity index (χ2n) is 1.15. The number of rotatable bonds is 2.